The Morgan fingerprint density at radius 3 is 2.60 bits per heavy atom. The molecule has 0 bridgehead atoms. The summed E-state index contributed by atoms with van der Waals surface area (Å²) in [5, 5.41) is 3.54. The first-order valence-corrected chi connectivity index (χ1v) is 8.82. The van der Waals surface area contributed by atoms with E-state index in [0.717, 1.165) is 10.0 Å². The number of hydrogen-bond donors (Lipinski definition) is 1. The summed E-state index contributed by atoms with van der Waals surface area (Å²) in [6.07, 6.45) is 0. The third-order valence-corrected chi connectivity index (χ3v) is 4.28. The Balaban J connectivity index is 1.91. The van der Waals surface area contributed by atoms with Crippen LogP contribution in [0.2, 0.25) is 5.02 Å². The van der Waals surface area contributed by atoms with Gasteiger partial charge in [-0.1, -0.05) is 27.5 Å². The summed E-state index contributed by atoms with van der Waals surface area (Å²) in [5.41, 5.74) is 1.56. The number of nitrogens with zero attached hydrogens (tertiary/aromatic N) is 1. The highest BCUT2D eigenvalue weighted by Crippen LogP contribution is 2.32. The zero-order valence-corrected chi connectivity index (χ0v) is 16.6. The Morgan fingerprint density at radius 1 is 1.28 bits per heavy atom. The molecule has 0 saturated carbocycles. The van der Waals surface area contributed by atoms with Crippen LogP contribution in [0.4, 0.5) is 10.5 Å². The molecular formula is C18H20BrClN2O3. The number of nitrogens with one attached hydrogen (secondary N) is 1. The first-order valence-electron chi connectivity index (χ1n) is 7.65. The lowest BCUT2D eigenvalue weighted by atomic mass is 10.2. The maximum absolute atomic E-state index is 12.4. The standard InChI is InChI=1S/C18H20BrClN2O3/c1-12-10-13(19)11-16(24-3)17(12)21-18(23)22(2)8-9-25-15-6-4-14(20)5-7-15/h4-7,10-11H,8-9H2,1-3H3,(H,21,23). The summed E-state index contributed by atoms with van der Waals surface area (Å²) in [4.78, 5) is 13.9. The van der Waals surface area contributed by atoms with Crippen molar-refractivity contribution in [2.75, 3.05) is 32.6 Å². The van der Waals surface area contributed by atoms with Gasteiger partial charge in [0, 0.05) is 16.5 Å². The predicted octanol–water partition coefficient (Wildman–Crippen LogP) is 4.96. The smallest absolute Gasteiger partial charge is 0.321 e. The van der Waals surface area contributed by atoms with Gasteiger partial charge in [0.1, 0.15) is 18.1 Å². The van der Waals surface area contributed by atoms with Gasteiger partial charge in [-0.2, -0.15) is 0 Å². The van der Waals surface area contributed by atoms with Crippen molar-refractivity contribution < 1.29 is 14.3 Å². The van der Waals surface area contributed by atoms with Gasteiger partial charge in [0.05, 0.1) is 19.3 Å². The van der Waals surface area contributed by atoms with Crippen LogP contribution in [0.25, 0.3) is 0 Å². The molecule has 2 rings (SSSR count). The minimum Gasteiger partial charge on any atom is -0.495 e. The molecule has 0 saturated heterocycles. The molecule has 0 fully saturated rings. The fraction of sp³-hybridized carbons (Fsp3) is 0.278. The molecule has 0 aliphatic rings. The molecule has 0 atom stereocenters. The average Bonchev–Trinajstić information content (AvgIpc) is 2.58. The number of carbonyl (C=O) groups excluding carboxylic acids is 1. The van der Waals surface area contributed by atoms with E-state index < -0.39 is 0 Å². The number of anilines is 1. The van der Waals surface area contributed by atoms with Crippen LogP contribution < -0.4 is 14.8 Å². The number of hydrogen-bond acceptors (Lipinski definition) is 3. The van der Waals surface area contributed by atoms with Crippen molar-refractivity contribution in [1.82, 2.24) is 4.90 Å². The SMILES string of the molecule is COc1cc(Br)cc(C)c1NC(=O)N(C)CCOc1ccc(Cl)cc1. The van der Waals surface area contributed by atoms with Crippen LogP contribution in [0.5, 0.6) is 11.5 Å². The van der Waals surface area contributed by atoms with E-state index in [1.807, 2.05) is 19.1 Å². The van der Waals surface area contributed by atoms with Gasteiger partial charge < -0.3 is 19.7 Å². The van der Waals surface area contributed by atoms with Gasteiger partial charge in [0.25, 0.3) is 0 Å². The third-order valence-electron chi connectivity index (χ3n) is 3.57. The molecule has 0 aromatic heterocycles. The molecule has 7 heteroatoms. The number of aryl methyl sites for hydroxylation is 1. The van der Waals surface area contributed by atoms with Crippen molar-refractivity contribution in [3.63, 3.8) is 0 Å². The molecule has 2 amide bonds. The molecule has 134 valence electrons. The van der Waals surface area contributed by atoms with E-state index in [1.54, 1.807) is 43.3 Å². The van der Waals surface area contributed by atoms with E-state index >= 15 is 0 Å². The molecule has 0 aliphatic heterocycles. The van der Waals surface area contributed by atoms with Crippen LogP contribution in [-0.4, -0.2) is 38.2 Å². The number of rotatable bonds is 6. The van der Waals surface area contributed by atoms with E-state index in [1.165, 1.54) is 0 Å². The lowest BCUT2D eigenvalue weighted by molar-refractivity contribution is 0.207. The summed E-state index contributed by atoms with van der Waals surface area (Å²) in [5.74, 6) is 1.31. The Kier molecular flexibility index (Phi) is 6.96. The summed E-state index contributed by atoms with van der Waals surface area (Å²) >= 11 is 9.25. The number of likely N-dealkylation sites (N-methyl/N-ethyl adjacent to an activating group) is 1. The van der Waals surface area contributed by atoms with Gasteiger partial charge in [-0.3, -0.25) is 0 Å². The highest BCUT2D eigenvalue weighted by Gasteiger charge is 2.14. The predicted molar refractivity (Wildman–Crippen MR) is 104 cm³/mol. The van der Waals surface area contributed by atoms with Crippen LogP contribution in [0, 0.1) is 6.92 Å². The molecule has 0 heterocycles. The van der Waals surface area contributed by atoms with Gasteiger partial charge in [-0.15, -0.1) is 0 Å². The van der Waals surface area contributed by atoms with Gasteiger partial charge in [0.2, 0.25) is 0 Å². The van der Waals surface area contributed by atoms with Crippen LogP contribution in [0.3, 0.4) is 0 Å². The number of methoxy groups -OCH3 is 1. The van der Waals surface area contributed by atoms with Crippen LogP contribution in [0.1, 0.15) is 5.56 Å². The third kappa shape index (κ3) is 5.54. The Labute approximate surface area is 161 Å². The molecule has 0 radical (unpaired) electrons. The molecule has 5 nitrogen and oxygen atoms in total. The van der Waals surface area contributed by atoms with Gasteiger partial charge in [-0.05, 0) is 48.9 Å². The molecule has 2 aromatic rings. The number of urea groups is 1. The molecule has 0 aliphatic carbocycles. The molecular weight excluding hydrogens is 408 g/mol. The van der Waals surface area contributed by atoms with Crippen molar-refractivity contribution in [3.8, 4) is 11.5 Å². The van der Waals surface area contributed by atoms with Crippen LogP contribution >= 0.6 is 27.5 Å². The fourth-order valence-electron chi connectivity index (χ4n) is 2.17. The zero-order chi connectivity index (χ0) is 18.4. The number of benzene rings is 2. The molecule has 2 aromatic carbocycles. The highest BCUT2D eigenvalue weighted by atomic mass is 79.9. The quantitative estimate of drug-likeness (QED) is 0.709. The van der Waals surface area contributed by atoms with Crippen molar-refractivity contribution in [2.45, 2.75) is 6.92 Å². The lowest BCUT2D eigenvalue weighted by Gasteiger charge is -2.20. The Hall–Kier alpha value is -1.92. The van der Waals surface area contributed by atoms with Crippen molar-refractivity contribution in [1.29, 1.82) is 0 Å². The maximum atomic E-state index is 12.4. The second-order valence-corrected chi connectivity index (χ2v) is 6.81. The van der Waals surface area contributed by atoms with Gasteiger partial charge >= 0.3 is 6.03 Å². The first-order chi connectivity index (χ1) is 11.9. The second-order valence-electron chi connectivity index (χ2n) is 5.45. The van der Waals surface area contributed by atoms with E-state index in [0.29, 0.717) is 35.4 Å². The van der Waals surface area contributed by atoms with Crippen LogP contribution in [0.15, 0.2) is 40.9 Å². The van der Waals surface area contributed by atoms with Crippen LogP contribution in [-0.2, 0) is 0 Å². The normalized spacial score (nSPS) is 10.3. The molecule has 0 unspecified atom stereocenters. The summed E-state index contributed by atoms with van der Waals surface area (Å²) < 4.78 is 11.8. The number of amides is 2. The van der Waals surface area contributed by atoms with Crippen molar-refractivity contribution >= 4 is 39.2 Å². The second kappa shape index (κ2) is 8.97. The number of carbonyl (C=O) groups is 1. The molecule has 0 spiro atoms. The first kappa shape index (κ1) is 19.4. The maximum Gasteiger partial charge on any atom is 0.321 e. The van der Waals surface area contributed by atoms with E-state index in [4.69, 9.17) is 21.1 Å². The van der Waals surface area contributed by atoms with Crippen molar-refractivity contribution in [3.05, 3.63) is 51.5 Å². The Bertz CT molecular complexity index is 738. The van der Waals surface area contributed by atoms with E-state index in [-0.39, 0.29) is 6.03 Å². The molecule has 1 N–H and O–H groups in total. The highest BCUT2D eigenvalue weighted by molar-refractivity contribution is 9.10. The minimum atomic E-state index is -0.233. The van der Waals surface area contributed by atoms with Gasteiger partial charge in [0.15, 0.2) is 0 Å². The zero-order valence-electron chi connectivity index (χ0n) is 14.3. The summed E-state index contributed by atoms with van der Waals surface area (Å²) in [6, 6.07) is 10.6. The molecule has 25 heavy (non-hydrogen) atoms. The summed E-state index contributed by atoms with van der Waals surface area (Å²) in [6.45, 7) is 2.72. The largest absolute Gasteiger partial charge is 0.495 e. The number of halogens is 2. The van der Waals surface area contributed by atoms with Crippen molar-refractivity contribution in [2.24, 2.45) is 0 Å². The number of ether oxygens (including phenoxy) is 2. The average molecular weight is 428 g/mol. The topological polar surface area (TPSA) is 50.8 Å². The summed E-state index contributed by atoms with van der Waals surface area (Å²) in [7, 11) is 3.28. The monoisotopic (exact) mass is 426 g/mol. The lowest BCUT2D eigenvalue weighted by Crippen LogP contribution is -2.34. The van der Waals surface area contributed by atoms with E-state index in [9.17, 15) is 4.79 Å². The Morgan fingerprint density at radius 2 is 1.96 bits per heavy atom. The fourth-order valence-corrected chi connectivity index (χ4v) is 2.85. The van der Waals surface area contributed by atoms with E-state index in [2.05, 4.69) is 21.2 Å². The van der Waals surface area contributed by atoms with Gasteiger partial charge in [-0.25, -0.2) is 4.79 Å². The minimum absolute atomic E-state index is 0.233.